The molecule has 2 fully saturated rings. The van der Waals surface area contributed by atoms with Gasteiger partial charge in [0.15, 0.2) is 0 Å². The number of hydrogen-bond acceptors (Lipinski definition) is 3. The van der Waals surface area contributed by atoms with Crippen LogP contribution in [0.1, 0.15) is 25.7 Å². The van der Waals surface area contributed by atoms with E-state index in [1.807, 2.05) is 0 Å². The van der Waals surface area contributed by atoms with Crippen molar-refractivity contribution in [2.75, 3.05) is 43.4 Å². The number of hydrogen-bond donors (Lipinski definition) is 1. The van der Waals surface area contributed by atoms with Crippen LogP contribution in [0.15, 0.2) is 18.2 Å². The zero-order chi connectivity index (χ0) is 13.9. The molecule has 2 heterocycles. The lowest BCUT2D eigenvalue weighted by Crippen LogP contribution is -2.38. The van der Waals surface area contributed by atoms with Gasteiger partial charge in [0.1, 0.15) is 0 Å². The maximum atomic E-state index is 6.16. The van der Waals surface area contributed by atoms with Gasteiger partial charge in [-0.15, -0.1) is 0 Å². The van der Waals surface area contributed by atoms with E-state index in [4.69, 9.17) is 5.73 Å². The van der Waals surface area contributed by atoms with Crippen molar-refractivity contribution in [1.82, 2.24) is 4.90 Å². The summed E-state index contributed by atoms with van der Waals surface area (Å²) < 4.78 is 1.22. The smallest absolute Gasteiger partial charge is 0.0600 e. The van der Waals surface area contributed by atoms with Crippen molar-refractivity contribution in [2.24, 2.45) is 5.92 Å². The molecule has 0 saturated carbocycles. The van der Waals surface area contributed by atoms with Gasteiger partial charge in [-0.3, -0.25) is 0 Å². The van der Waals surface area contributed by atoms with E-state index in [1.54, 1.807) is 0 Å². The molecule has 2 saturated heterocycles. The molecule has 3 rings (SSSR count). The molecule has 0 aromatic heterocycles. The molecule has 0 spiro atoms. The van der Waals surface area contributed by atoms with Crippen LogP contribution in [0.25, 0.3) is 0 Å². The fourth-order valence-corrected chi connectivity index (χ4v) is 4.02. The van der Waals surface area contributed by atoms with Crippen LogP contribution in [0.3, 0.4) is 0 Å². The maximum absolute atomic E-state index is 6.16. The van der Waals surface area contributed by atoms with Gasteiger partial charge >= 0.3 is 0 Å². The highest BCUT2D eigenvalue weighted by Crippen LogP contribution is 2.29. The molecule has 1 aromatic rings. The average molecular weight is 385 g/mol. The van der Waals surface area contributed by atoms with Gasteiger partial charge in [-0.1, -0.05) is 0 Å². The molecule has 4 heteroatoms. The minimum atomic E-state index is 0.884. The van der Waals surface area contributed by atoms with E-state index in [0.29, 0.717) is 0 Å². The molecule has 2 N–H and O–H groups in total. The minimum absolute atomic E-state index is 0.884. The molecule has 1 aromatic carbocycles. The molecule has 0 atom stereocenters. The normalized spacial score (nSPS) is 21.6. The summed E-state index contributed by atoms with van der Waals surface area (Å²) >= 11 is 2.32. The molecule has 2 aliphatic heterocycles. The fraction of sp³-hybridized carbons (Fsp3) is 0.625. The number of halogens is 1. The molecular formula is C16H24IN3. The number of likely N-dealkylation sites (tertiary alicyclic amines) is 1. The second kappa shape index (κ2) is 6.52. The highest BCUT2D eigenvalue weighted by atomic mass is 127. The first-order valence-corrected chi connectivity index (χ1v) is 8.82. The second-order valence-electron chi connectivity index (χ2n) is 6.14. The summed E-state index contributed by atoms with van der Waals surface area (Å²) in [4.78, 5) is 5.12. The highest BCUT2D eigenvalue weighted by molar-refractivity contribution is 14.1. The molecule has 3 nitrogen and oxygen atoms in total. The van der Waals surface area contributed by atoms with Crippen molar-refractivity contribution in [3.63, 3.8) is 0 Å². The van der Waals surface area contributed by atoms with Gasteiger partial charge < -0.3 is 15.5 Å². The number of anilines is 2. The number of nitrogens with zero attached hydrogens (tertiary/aromatic N) is 2. The van der Waals surface area contributed by atoms with Crippen LogP contribution in [-0.2, 0) is 0 Å². The molecule has 20 heavy (non-hydrogen) atoms. The Morgan fingerprint density at radius 1 is 1.10 bits per heavy atom. The summed E-state index contributed by atoms with van der Waals surface area (Å²) in [5.74, 6) is 0.884. The lowest BCUT2D eigenvalue weighted by molar-refractivity contribution is 0.249. The van der Waals surface area contributed by atoms with Crippen molar-refractivity contribution in [3.8, 4) is 0 Å². The first kappa shape index (κ1) is 14.4. The lowest BCUT2D eigenvalue weighted by atomic mass is 9.95. The van der Waals surface area contributed by atoms with E-state index in [2.05, 4.69) is 50.6 Å². The van der Waals surface area contributed by atoms with Crippen molar-refractivity contribution < 1.29 is 0 Å². The van der Waals surface area contributed by atoms with Gasteiger partial charge in [0.05, 0.1) is 11.4 Å². The number of nitrogen functional groups attached to an aromatic ring is 1. The molecule has 0 radical (unpaired) electrons. The predicted molar refractivity (Wildman–Crippen MR) is 94.2 cm³/mol. The molecule has 0 unspecified atom stereocenters. The summed E-state index contributed by atoms with van der Waals surface area (Å²) in [6.07, 6.45) is 5.42. The zero-order valence-corrected chi connectivity index (χ0v) is 14.2. The van der Waals surface area contributed by atoms with Crippen molar-refractivity contribution in [2.45, 2.75) is 25.7 Å². The zero-order valence-electron chi connectivity index (χ0n) is 12.0. The summed E-state index contributed by atoms with van der Waals surface area (Å²) in [6, 6.07) is 6.41. The number of rotatable bonds is 3. The van der Waals surface area contributed by atoms with E-state index < -0.39 is 0 Å². The van der Waals surface area contributed by atoms with Crippen LogP contribution in [0.4, 0.5) is 11.4 Å². The molecular weight excluding hydrogens is 361 g/mol. The van der Waals surface area contributed by atoms with E-state index >= 15 is 0 Å². The van der Waals surface area contributed by atoms with E-state index in [0.717, 1.165) is 24.7 Å². The van der Waals surface area contributed by atoms with Crippen LogP contribution in [0, 0.1) is 9.49 Å². The quantitative estimate of drug-likeness (QED) is 0.641. The van der Waals surface area contributed by atoms with Crippen LogP contribution in [0.5, 0.6) is 0 Å². The Bertz CT molecular complexity index is 449. The second-order valence-corrected chi connectivity index (χ2v) is 7.39. The highest BCUT2D eigenvalue weighted by Gasteiger charge is 2.23. The predicted octanol–water partition coefficient (Wildman–Crippen LogP) is 3.19. The van der Waals surface area contributed by atoms with Crippen molar-refractivity contribution in [1.29, 1.82) is 0 Å². The van der Waals surface area contributed by atoms with E-state index in [-0.39, 0.29) is 0 Å². The largest absolute Gasteiger partial charge is 0.397 e. The lowest BCUT2D eigenvalue weighted by Gasteiger charge is -2.35. The van der Waals surface area contributed by atoms with Crippen LogP contribution >= 0.6 is 22.6 Å². The Kier molecular flexibility index (Phi) is 4.71. The third-order valence-electron chi connectivity index (χ3n) is 4.66. The fourth-order valence-electron chi connectivity index (χ4n) is 3.50. The van der Waals surface area contributed by atoms with Gasteiger partial charge in [0.25, 0.3) is 0 Å². The monoisotopic (exact) mass is 385 g/mol. The van der Waals surface area contributed by atoms with Gasteiger partial charge in [-0.25, -0.2) is 0 Å². The van der Waals surface area contributed by atoms with Gasteiger partial charge in [-0.05, 0) is 85.5 Å². The van der Waals surface area contributed by atoms with Crippen molar-refractivity contribution in [3.05, 3.63) is 21.8 Å². The number of piperidine rings is 1. The SMILES string of the molecule is Nc1cc(I)ccc1N1CCC(CN2CCCC2)CC1. The summed E-state index contributed by atoms with van der Waals surface area (Å²) in [7, 11) is 0. The Balaban J connectivity index is 1.55. The van der Waals surface area contributed by atoms with Gasteiger partial charge in [-0.2, -0.15) is 0 Å². The standard InChI is InChI=1S/C16H24IN3/c17-14-3-4-16(15(18)11-14)20-9-5-13(6-10-20)12-19-7-1-2-8-19/h3-4,11,13H,1-2,5-10,12,18H2. The minimum Gasteiger partial charge on any atom is -0.397 e. The van der Waals surface area contributed by atoms with E-state index in [1.165, 1.54) is 54.6 Å². The molecule has 2 aliphatic rings. The molecule has 0 aliphatic carbocycles. The van der Waals surface area contributed by atoms with Crippen LogP contribution < -0.4 is 10.6 Å². The Morgan fingerprint density at radius 3 is 2.45 bits per heavy atom. The van der Waals surface area contributed by atoms with Gasteiger partial charge in [0, 0.05) is 23.2 Å². The maximum Gasteiger partial charge on any atom is 0.0600 e. The Hall–Kier alpha value is -0.490. The third-order valence-corrected chi connectivity index (χ3v) is 5.33. The number of nitrogens with two attached hydrogens (primary N) is 1. The summed E-state index contributed by atoms with van der Waals surface area (Å²) in [6.45, 7) is 6.27. The topological polar surface area (TPSA) is 32.5 Å². The molecule has 0 bridgehead atoms. The summed E-state index contributed by atoms with van der Waals surface area (Å²) in [5, 5.41) is 0. The van der Waals surface area contributed by atoms with Gasteiger partial charge in [0.2, 0.25) is 0 Å². The van der Waals surface area contributed by atoms with Crippen LogP contribution in [-0.4, -0.2) is 37.6 Å². The van der Waals surface area contributed by atoms with Crippen LogP contribution in [0.2, 0.25) is 0 Å². The number of benzene rings is 1. The van der Waals surface area contributed by atoms with E-state index in [9.17, 15) is 0 Å². The first-order chi connectivity index (χ1) is 9.72. The summed E-state index contributed by atoms with van der Waals surface area (Å²) in [5.41, 5.74) is 8.32. The molecule has 110 valence electrons. The van der Waals surface area contributed by atoms with Crippen molar-refractivity contribution >= 4 is 34.0 Å². The molecule has 0 amide bonds. The Labute approximate surface area is 135 Å². The Morgan fingerprint density at radius 2 is 1.80 bits per heavy atom. The first-order valence-electron chi connectivity index (χ1n) is 7.75. The third kappa shape index (κ3) is 3.39. The average Bonchev–Trinajstić information content (AvgIpc) is 2.93.